The van der Waals surface area contributed by atoms with E-state index in [0.29, 0.717) is 0 Å². The second kappa shape index (κ2) is 3.51. The maximum absolute atomic E-state index is 9.01. The van der Waals surface area contributed by atoms with Gasteiger partial charge in [0.25, 0.3) is 0 Å². The molecule has 0 spiro atoms. The summed E-state index contributed by atoms with van der Waals surface area (Å²) in [6.07, 6.45) is -3.87. The molecule has 0 aromatic heterocycles. The normalized spacial score (nSPS) is 58.9. The molecule has 1 aliphatic heterocycles. The summed E-state index contributed by atoms with van der Waals surface area (Å²) in [6, 6.07) is 0. The molecule has 9 heavy (non-hydrogen) atoms. The Labute approximate surface area is 69.1 Å². The molecule has 2 unspecified atom stereocenters. The van der Waals surface area contributed by atoms with Crippen LogP contribution in [0.15, 0.2) is 0 Å². The number of hydrogen-bond acceptors (Lipinski definition) is 3. The van der Waals surface area contributed by atoms with Gasteiger partial charge in [-0.1, -0.05) is 15.9 Å². The van der Waals surface area contributed by atoms with E-state index in [9.17, 15) is 0 Å². The van der Waals surface area contributed by atoms with Crippen LogP contribution in [0.2, 0.25) is 0 Å². The molecule has 1 rings (SSSR count). The molecule has 1 aliphatic rings. The van der Waals surface area contributed by atoms with Crippen molar-refractivity contribution in [3.63, 3.8) is 0 Å². The fourth-order valence-corrected chi connectivity index (χ4v) is 0.675. The zero-order valence-electron chi connectivity index (χ0n) is 9.43. The summed E-state index contributed by atoms with van der Waals surface area (Å²) >= 11 is 2.94. The molecular formula is C5H9BrO3. The minimum absolute atomic E-state index is 0.0865. The van der Waals surface area contributed by atoms with Crippen molar-refractivity contribution in [3.05, 3.63) is 0 Å². The quantitative estimate of drug-likeness (QED) is 0.646. The van der Waals surface area contributed by atoms with Crippen molar-refractivity contribution in [2.75, 3.05) is 18.4 Å². The predicted octanol–water partition coefficient (Wildman–Crippen LogP) is 0.115. The third kappa shape index (κ3) is 1.89. The lowest BCUT2D eigenvalue weighted by Gasteiger charge is -2.04. The first kappa shape index (κ1) is 3.17. The van der Waals surface area contributed by atoms with Crippen molar-refractivity contribution >= 4 is 15.9 Å². The molecule has 0 aliphatic carbocycles. The van der Waals surface area contributed by atoms with Gasteiger partial charge in [0.2, 0.25) is 0 Å². The number of alkyl halides is 1. The van der Waals surface area contributed by atoms with Crippen molar-refractivity contribution in [2.24, 2.45) is 0 Å². The van der Waals surface area contributed by atoms with Crippen molar-refractivity contribution < 1.29 is 21.4 Å². The van der Waals surface area contributed by atoms with E-state index in [1.165, 1.54) is 0 Å². The first-order valence-electron chi connectivity index (χ1n) is 4.78. The Hall–Kier alpha value is 0.360. The van der Waals surface area contributed by atoms with Crippen LogP contribution in [0.25, 0.3) is 0 Å². The number of halogens is 1. The zero-order chi connectivity index (χ0) is 11.2. The largest absolute Gasteiger partial charge is 0.394 e. The fourth-order valence-electron chi connectivity index (χ4n) is 0.411. The second-order valence-electron chi connectivity index (χ2n) is 1.36. The van der Waals surface area contributed by atoms with E-state index < -0.39 is 25.5 Å². The van der Waals surface area contributed by atoms with E-state index in [4.69, 9.17) is 12.0 Å². The first-order valence-corrected chi connectivity index (χ1v) is 3.40. The Balaban J connectivity index is 2.99. The third-order valence-corrected chi connectivity index (χ3v) is 1.29. The van der Waals surface area contributed by atoms with Crippen molar-refractivity contribution in [1.82, 2.24) is 0 Å². The second-order valence-corrected chi connectivity index (χ2v) is 2.01. The molecule has 1 saturated heterocycles. The van der Waals surface area contributed by atoms with Crippen LogP contribution in [0, 0.1) is 0 Å². The molecule has 2 atom stereocenters. The highest BCUT2D eigenvalue weighted by Crippen LogP contribution is 2.12. The molecule has 0 radical (unpaired) electrons. The predicted molar refractivity (Wildman–Crippen MR) is 35.5 cm³/mol. The van der Waals surface area contributed by atoms with Gasteiger partial charge in [-0.25, -0.2) is 0 Å². The van der Waals surface area contributed by atoms with E-state index in [-0.39, 0.29) is 5.33 Å². The average molecular weight is 202 g/mol. The summed E-state index contributed by atoms with van der Waals surface area (Å²) in [5.41, 5.74) is 0. The maximum atomic E-state index is 9.01. The molecule has 3 nitrogen and oxygen atoms in total. The van der Waals surface area contributed by atoms with Crippen LogP contribution in [0.4, 0.5) is 0 Å². The average Bonchev–Trinajstić information content (AvgIpc) is 2.22. The van der Waals surface area contributed by atoms with Crippen LogP contribution in [-0.4, -0.2) is 35.9 Å². The summed E-state index contributed by atoms with van der Waals surface area (Å²) in [6.45, 7) is -5.85. The maximum Gasteiger partial charge on any atom is 0.167 e. The fraction of sp³-hybridized carbons (Fsp3) is 1.00. The zero-order valence-corrected chi connectivity index (χ0v) is 6.01. The Morgan fingerprint density at radius 3 is 3.22 bits per heavy atom. The minimum Gasteiger partial charge on any atom is -0.394 e. The van der Waals surface area contributed by atoms with Gasteiger partial charge in [-0.2, -0.15) is 0 Å². The Morgan fingerprint density at radius 1 is 2.11 bits per heavy atom. The lowest BCUT2D eigenvalue weighted by atomic mass is 10.4. The summed E-state index contributed by atoms with van der Waals surface area (Å²) in [5.74, 6) is 0. The molecule has 0 aromatic carbocycles. The van der Waals surface area contributed by atoms with Gasteiger partial charge in [0.05, 0.1) is 25.3 Å². The molecule has 0 amide bonds. The monoisotopic (exact) mass is 201 g/mol. The highest BCUT2D eigenvalue weighted by atomic mass is 79.9. The van der Waals surface area contributed by atoms with Crippen LogP contribution in [-0.2, 0) is 9.47 Å². The van der Waals surface area contributed by atoms with E-state index in [1.54, 1.807) is 0 Å². The highest BCUT2D eigenvalue weighted by Gasteiger charge is 2.23. The van der Waals surface area contributed by atoms with Gasteiger partial charge in [0.15, 0.2) is 6.29 Å². The van der Waals surface area contributed by atoms with Gasteiger partial charge in [0.1, 0.15) is 6.08 Å². The van der Waals surface area contributed by atoms with E-state index in [0.717, 1.165) is 0 Å². The standard InChI is InChI=1S/C5H9BrO3/c6-1-5-8-3-4(2-7)9-5/h4-5,7H,1-3H2/i2D2,3D2,4D. The van der Waals surface area contributed by atoms with Crippen LogP contribution in [0.5, 0.6) is 0 Å². The molecule has 54 valence electrons. The van der Waals surface area contributed by atoms with Crippen molar-refractivity contribution in [2.45, 2.75) is 12.4 Å². The number of aliphatic hydroxyl groups is 1. The number of ether oxygens (including phenoxy) is 2. The summed E-state index contributed by atoms with van der Waals surface area (Å²) in [7, 11) is 0. The third-order valence-electron chi connectivity index (χ3n) is 0.760. The minimum atomic E-state index is -3.15. The Bertz CT molecular complexity index is 232. The molecule has 1 heterocycles. The highest BCUT2D eigenvalue weighted by molar-refractivity contribution is 9.09. The lowest BCUT2D eigenvalue weighted by molar-refractivity contribution is -0.0462. The van der Waals surface area contributed by atoms with Gasteiger partial charge >= 0.3 is 0 Å². The molecular weight excluding hydrogens is 188 g/mol. The van der Waals surface area contributed by atoms with Gasteiger partial charge in [-0.15, -0.1) is 0 Å². The van der Waals surface area contributed by atoms with Gasteiger partial charge < -0.3 is 14.6 Å². The Kier molecular flexibility index (Phi) is 1.24. The van der Waals surface area contributed by atoms with Gasteiger partial charge in [0, 0.05) is 0 Å². The van der Waals surface area contributed by atoms with Crippen LogP contribution in [0.1, 0.15) is 6.85 Å². The van der Waals surface area contributed by atoms with Gasteiger partial charge in [-0.05, 0) is 0 Å². The molecule has 0 saturated carbocycles. The van der Waals surface area contributed by atoms with E-state index in [2.05, 4.69) is 25.4 Å². The molecule has 4 heteroatoms. The number of hydrogen-bond donors (Lipinski definition) is 1. The smallest absolute Gasteiger partial charge is 0.167 e. The van der Waals surface area contributed by atoms with Crippen LogP contribution < -0.4 is 0 Å². The van der Waals surface area contributed by atoms with E-state index in [1.807, 2.05) is 0 Å². The number of rotatable bonds is 2. The summed E-state index contributed by atoms with van der Waals surface area (Å²) < 4.78 is 45.0. The molecule has 0 bridgehead atoms. The van der Waals surface area contributed by atoms with Crippen molar-refractivity contribution in [3.8, 4) is 0 Å². The lowest BCUT2D eigenvalue weighted by Crippen LogP contribution is -2.16. The summed E-state index contributed by atoms with van der Waals surface area (Å²) in [4.78, 5) is 0. The van der Waals surface area contributed by atoms with E-state index >= 15 is 0 Å². The van der Waals surface area contributed by atoms with Crippen LogP contribution >= 0.6 is 15.9 Å². The topological polar surface area (TPSA) is 38.7 Å². The molecule has 1 N–H and O–H groups in total. The SMILES string of the molecule is [2H]C([2H])(O)C1([2H])OC(CBr)OC1([2H])[2H]. The summed E-state index contributed by atoms with van der Waals surface area (Å²) in [5, 5.41) is 9.10. The van der Waals surface area contributed by atoms with Gasteiger partial charge in [-0.3, -0.25) is 0 Å². The van der Waals surface area contributed by atoms with Crippen LogP contribution in [0.3, 0.4) is 0 Å². The Morgan fingerprint density at radius 2 is 2.89 bits per heavy atom. The van der Waals surface area contributed by atoms with Crippen molar-refractivity contribution in [1.29, 1.82) is 0 Å². The first-order chi connectivity index (χ1) is 6.14. The molecule has 0 aromatic rings. The molecule has 1 fully saturated rings.